The van der Waals surface area contributed by atoms with Crippen LogP contribution in [-0.4, -0.2) is 31.4 Å². The molecule has 0 saturated heterocycles. The van der Waals surface area contributed by atoms with Gasteiger partial charge in [-0.1, -0.05) is 158 Å². The van der Waals surface area contributed by atoms with Gasteiger partial charge >= 0.3 is 0 Å². The fourth-order valence-electron chi connectivity index (χ4n) is 6.18. The van der Waals surface area contributed by atoms with Crippen LogP contribution in [0.4, 0.5) is 0 Å². The number of rotatable bonds is 13. The molecule has 1 atom stereocenters. The van der Waals surface area contributed by atoms with Gasteiger partial charge < -0.3 is 0 Å². The summed E-state index contributed by atoms with van der Waals surface area (Å²) in [4.78, 5) is 0. The van der Waals surface area contributed by atoms with Crippen LogP contribution in [0.15, 0.2) is 143 Å². The molecule has 0 N–H and O–H groups in total. The quantitative estimate of drug-likeness (QED) is 0.0843. The highest BCUT2D eigenvalue weighted by Crippen LogP contribution is 2.39. The van der Waals surface area contributed by atoms with Gasteiger partial charge in [0.15, 0.2) is 0 Å². The van der Waals surface area contributed by atoms with Crippen LogP contribution in [0.1, 0.15) is 52.0 Å². The molecular formula is C41H48B4. The predicted molar refractivity (Wildman–Crippen MR) is 214 cm³/mol. The smallest absolute Gasteiger partial charge is 0.124 e. The van der Waals surface area contributed by atoms with Crippen molar-refractivity contribution >= 4 is 59.0 Å². The molecular weight excluding hydrogens is 536 g/mol. The summed E-state index contributed by atoms with van der Waals surface area (Å²) in [5, 5.41) is 5.19. The standard InChI is InChI=1S/C41H48B4/c1-4-31(27-26-29(2)30(3)40(44)41(45)38(43)28-42)18-10-7-5-6-8-13-21-33-34-22-14-16-24-36(34)39(32-19-11-9-12-20-32)37-25-17-15-23-35(33)37/h5-7,9-25,29H,4,8,26-28,42-45H2,1-3H3/b6-5-,10-7+,21-13+,31-18+,40-30-,41-38-. The van der Waals surface area contributed by atoms with E-state index in [2.05, 4.69) is 174 Å². The molecule has 1 unspecified atom stereocenters. The molecule has 224 valence electrons. The van der Waals surface area contributed by atoms with Crippen LogP contribution in [0.2, 0.25) is 6.32 Å². The van der Waals surface area contributed by atoms with Gasteiger partial charge in [0.1, 0.15) is 31.4 Å². The highest BCUT2D eigenvalue weighted by atomic mass is 14.2. The number of hydrogen-bond acceptors (Lipinski definition) is 0. The van der Waals surface area contributed by atoms with Crippen LogP contribution in [0.3, 0.4) is 0 Å². The van der Waals surface area contributed by atoms with E-state index in [0.29, 0.717) is 5.92 Å². The fourth-order valence-corrected chi connectivity index (χ4v) is 6.18. The lowest BCUT2D eigenvalue weighted by atomic mass is 9.65. The second kappa shape index (κ2) is 17.0. The molecule has 4 rings (SSSR count). The molecule has 45 heavy (non-hydrogen) atoms. The van der Waals surface area contributed by atoms with Crippen molar-refractivity contribution in [2.24, 2.45) is 5.92 Å². The van der Waals surface area contributed by atoms with Crippen molar-refractivity contribution in [1.29, 1.82) is 0 Å². The minimum Gasteiger partial charge on any atom is -0.124 e. The van der Waals surface area contributed by atoms with Gasteiger partial charge in [0.25, 0.3) is 0 Å². The highest BCUT2D eigenvalue weighted by Gasteiger charge is 2.13. The van der Waals surface area contributed by atoms with E-state index in [4.69, 9.17) is 0 Å². The van der Waals surface area contributed by atoms with Crippen LogP contribution >= 0.6 is 0 Å². The van der Waals surface area contributed by atoms with Gasteiger partial charge in [0.05, 0.1) is 0 Å². The Kier molecular flexibility index (Phi) is 12.8. The minimum absolute atomic E-state index is 0.596. The van der Waals surface area contributed by atoms with Gasteiger partial charge in [-0.3, -0.25) is 0 Å². The molecule has 4 aromatic rings. The summed E-state index contributed by atoms with van der Waals surface area (Å²) in [5.41, 5.74) is 11.4. The molecule has 0 aliphatic heterocycles. The zero-order chi connectivity index (χ0) is 32.2. The Morgan fingerprint density at radius 3 is 1.93 bits per heavy atom. The number of fused-ring (bicyclic) bond motifs is 2. The maximum Gasteiger partial charge on any atom is 0.138 e. The summed E-state index contributed by atoms with van der Waals surface area (Å²) in [5.74, 6) is 0.596. The Labute approximate surface area is 276 Å². The third kappa shape index (κ3) is 8.64. The van der Waals surface area contributed by atoms with Crippen LogP contribution < -0.4 is 0 Å². The maximum atomic E-state index is 2.38. The fraction of sp³-hybridized carbons (Fsp3) is 0.220. The van der Waals surface area contributed by atoms with Crippen molar-refractivity contribution < 1.29 is 0 Å². The van der Waals surface area contributed by atoms with Crippen molar-refractivity contribution in [2.75, 3.05) is 0 Å². The monoisotopic (exact) mass is 584 g/mol. The van der Waals surface area contributed by atoms with E-state index in [1.54, 1.807) is 0 Å². The molecule has 0 heterocycles. The maximum absolute atomic E-state index is 2.38. The van der Waals surface area contributed by atoms with Crippen LogP contribution in [0.5, 0.6) is 0 Å². The Balaban J connectivity index is 1.43. The van der Waals surface area contributed by atoms with Crippen molar-refractivity contribution in [3.05, 3.63) is 148 Å². The molecule has 0 aliphatic rings. The van der Waals surface area contributed by atoms with E-state index in [1.807, 2.05) is 0 Å². The van der Waals surface area contributed by atoms with Crippen molar-refractivity contribution in [2.45, 2.75) is 52.8 Å². The second-order valence-electron chi connectivity index (χ2n) is 12.4. The molecule has 0 fully saturated rings. The number of allylic oxidation sites excluding steroid dienone is 11. The average Bonchev–Trinajstić information content (AvgIpc) is 3.08. The summed E-state index contributed by atoms with van der Waals surface area (Å²) >= 11 is 0. The molecule has 0 spiro atoms. The second-order valence-corrected chi connectivity index (χ2v) is 12.4. The zero-order valence-corrected chi connectivity index (χ0v) is 28.7. The van der Waals surface area contributed by atoms with Crippen molar-refractivity contribution in [3.8, 4) is 11.1 Å². The first-order valence-corrected chi connectivity index (χ1v) is 16.9. The van der Waals surface area contributed by atoms with E-state index >= 15 is 0 Å². The lowest BCUT2D eigenvalue weighted by Gasteiger charge is -2.19. The first-order valence-electron chi connectivity index (χ1n) is 16.9. The van der Waals surface area contributed by atoms with Crippen LogP contribution in [0.25, 0.3) is 38.7 Å². The van der Waals surface area contributed by atoms with Crippen LogP contribution in [0, 0.1) is 5.92 Å². The molecule has 0 amide bonds. The largest absolute Gasteiger partial charge is 0.138 e. The van der Waals surface area contributed by atoms with Crippen molar-refractivity contribution in [3.63, 3.8) is 0 Å². The summed E-state index contributed by atoms with van der Waals surface area (Å²) in [6.07, 6.45) is 21.2. The highest BCUT2D eigenvalue weighted by molar-refractivity contribution is 6.42. The predicted octanol–water partition coefficient (Wildman–Crippen LogP) is 8.36. The van der Waals surface area contributed by atoms with E-state index in [-0.39, 0.29) is 0 Å². The third-order valence-electron chi connectivity index (χ3n) is 9.70. The summed E-state index contributed by atoms with van der Waals surface area (Å²) < 4.78 is 0. The molecule has 0 aromatic heterocycles. The summed E-state index contributed by atoms with van der Waals surface area (Å²) in [7, 11) is 9.09. The average molecular weight is 584 g/mol. The van der Waals surface area contributed by atoms with Gasteiger partial charge in [-0.2, -0.15) is 0 Å². The molecule has 0 nitrogen and oxygen atoms in total. The number of benzene rings is 4. The van der Waals surface area contributed by atoms with Gasteiger partial charge in [-0.25, -0.2) is 0 Å². The van der Waals surface area contributed by atoms with Gasteiger partial charge in [-0.05, 0) is 76.8 Å². The molecule has 0 bridgehead atoms. The SMILES string of the molecule is BC/C(B)=C(B)\C(B)=C(/C)C(C)CC/C(=C/C=C/C=C\C/C=C/c1c2ccccc2c(-c2ccccc2)c2ccccc12)CC. The van der Waals surface area contributed by atoms with Gasteiger partial charge in [0.2, 0.25) is 0 Å². The van der Waals surface area contributed by atoms with Crippen LogP contribution in [-0.2, 0) is 0 Å². The van der Waals surface area contributed by atoms with E-state index in [1.165, 1.54) is 72.2 Å². The summed E-state index contributed by atoms with van der Waals surface area (Å²) in [6, 6.07) is 28.4. The van der Waals surface area contributed by atoms with E-state index in [9.17, 15) is 0 Å². The van der Waals surface area contributed by atoms with E-state index < -0.39 is 0 Å². The topological polar surface area (TPSA) is 0 Å². The number of hydrogen-bond donors (Lipinski definition) is 0. The van der Waals surface area contributed by atoms with Gasteiger partial charge in [-0.15, -0.1) is 10.9 Å². The molecule has 0 radical (unpaired) electrons. The molecule has 0 saturated carbocycles. The Bertz CT molecular complexity index is 1730. The molecule has 4 heteroatoms. The Morgan fingerprint density at radius 1 is 0.733 bits per heavy atom. The molecule has 4 aromatic carbocycles. The molecule has 0 aliphatic carbocycles. The lowest BCUT2D eigenvalue weighted by molar-refractivity contribution is 0.603. The normalized spacial score (nSPS) is 14.5. The Morgan fingerprint density at radius 2 is 1.33 bits per heavy atom. The zero-order valence-electron chi connectivity index (χ0n) is 28.7. The Hall–Kier alpha value is -3.90. The van der Waals surface area contributed by atoms with E-state index in [0.717, 1.165) is 25.6 Å². The minimum atomic E-state index is 0.596. The first kappa shape index (κ1) is 34.0. The lowest BCUT2D eigenvalue weighted by Crippen LogP contribution is -2.05. The van der Waals surface area contributed by atoms with Crippen molar-refractivity contribution in [1.82, 2.24) is 0 Å². The first-order chi connectivity index (χ1) is 21.9. The van der Waals surface area contributed by atoms with Gasteiger partial charge in [0, 0.05) is 0 Å². The third-order valence-corrected chi connectivity index (χ3v) is 9.70. The summed E-state index contributed by atoms with van der Waals surface area (Å²) in [6.45, 7) is 6.98.